The number of fused-ring (bicyclic) bond motifs is 1. The van der Waals surface area contributed by atoms with Crippen LogP contribution in [0.1, 0.15) is 10.5 Å². The summed E-state index contributed by atoms with van der Waals surface area (Å²) in [5.74, 6) is 0.868. The van der Waals surface area contributed by atoms with E-state index in [2.05, 4.69) is 34.2 Å². The van der Waals surface area contributed by atoms with Crippen molar-refractivity contribution in [2.75, 3.05) is 21.3 Å². The fourth-order valence-electron chi connectivity index (χ4n) is 4.39. The molecule has 170 valence electrons. The molecule has 5 aromatic rings. The highest BCUT2D eigenvalue weighted by atomic mass is 16.5. The molecule has 5 rings (SSSR count). The second-order valence-corrected chi connectivity index (χ2v) is 7.79. The summed E-state index contributed by atoms with van der Waals surface area (Å²) >= 11 is 0. The van der Waals surface area contributed by atoms with E-state index in [1.54, 1.807) is 20.3 Å². The molecule has 2 aromatic heterocycles. The third-order valence-electron chi connectivity index (χ3n) is 5.93. The standard InChI is InChI=1S/C28H24N2O4/c1-32-21-16-22(33-2)25-23(17-10-6-4-7-11-17)26(18-12-8-5-9-13-18)30-27(25)24(21)19-14-15-20(29-19)28(31)34-3/h4-16,29-30H,1-3H3. The third kappa shape index (κ3) is 3.49. The van der Waals surface area contributed by atoms with E-state index < -0.39 is 5.97 Å². The summed E-state index contributed by atoms with van der Waals surface area (Å²) in [7, 11) is 4.63. The van der Waals surface area contributed by atoms with Crippen molar-refractivity contribution in [2.24, 2.45) is 0 Å². The van der Waals surface area contributed by atoms with E-state index in [-0.39, 0.29) is 0 Å². The van der Waals surface area contributed by atoms with Gasteiger partial charge in [0.25, 0.3) is 0 Å². The number of methoxy groups -OCH3 is 3. The van der Waals surface area contributed by atoms with Crippen molar-refractivity contribution >= 4 is 16.9 Å². The molecule has 0 radical (unpaired) electrons. The molecule has 0 fully saturated rings. The zero-order valence-corrected chi connectivity index (χ0v) is 19.1. The Morgan fingerprint density at radius 2 is 1.35 bits per heavy atom. The topological polar surface area (TPSA) is 76.3 Å². The fraction of sp³-hybridized carbons (Fsp3) is 0.107. The number of carbonyl (C=O) groups is 1. The van der Waals surface area contributed by atoms with Crippen molar-refractivity contribution in [3.63, 3.8) is 0 Å². The molecule has 0 amide bonds. The molecule has 3 aromatic carbocycles. The quantitative estimate of drug-likeness (QED) is 0.296. The maximum atomic E-state index is 12.1. The molecule has 0 aliphatic carbocycles. The van der Waals surface area contributed by atoms with E-state index in [1.807, 2.05) is 48.5 Å². The second-order valence-electron chi connectivity index (χ2n) is 7.79. The highest BCUT2D eigenvalue weighted by molar-refractivity contribution is 6.13. The lowest BCUT2D eigenvalue weighted by atomic mass is 9.96. The lowest BCUT2D eigenvalue weighted by Crippen LogP contribution is -2.01. The summed E-state index contributed by atoms with van der Waals surface area (Å²) < 4.78 is 16.5. The first-order valence-electron chi connectivity index (χ1n) is 10.9. The molecule has 0 saturated heterocycles. The van der Waals surface area contributed by atoms with Gasteiger partial charge in [-0.05, 0) is 23.3 Å². The Morgan fingerprint density at radius 3 is 1.97 bits per heavy atom. The van der Waals surface area contributed by atoms with Crippen LogP contribution in [0.4, 0.5) is 0 Å². The lowest BCUT2D eigenvalue weighted by Gasteiger charge is -2.13. The van der Waals surface area contributed by atoms with Gasteiger partial charge in [-0.2, -0.15) is 0 Å². The van der Waals surface area contributed by atoms with Crippen LogP contribution >= 0.6 is 0 Å². The van der Waals surface area contributed by atoms with Crippen LogP contribution < -0.4 is 9.47 Å². The molecular formula is C28H24N2O4. The van der Waals surface area contributed by atoms with Crippen LogP contribution in [0.25, 0.3) is 44.5 Å². The second kappa shape index (κ2) is 8.83. The average molecular weight is 453 g/mol. The van der Waals surface area contributed by atoms with E-state index in [0.29, 0.717) is 17.2 Å². The van der Waals surface area contributed by atoms with E-state index in [9.17, 15) is 4.79 Å². The van der Waals surface area contributed by atoms with Gasteiger partial charge in [0.15, 0.2) is 0 Å². The number of ether oxygens (including phenoxy) is 3. The normalized spacial score (nSPS) is 10.9. The maximum absolute atomic E-state index is 12.1. The van der Waals surface area contributed by atoms with Crippen molar-refractivity contribution < 1.29 is 19.0 Å². The number of nitrogens with one attached hydrogen (secondary N) is 2. The number of aromatic amines is 2. The van der Waals surface area contributed by atoms with Crippen LogP contribution in [0.3, 0.4) is 0 Å². The van der Waals surface area contributed by atoms with Gasteiger partial charge in [-0.1, -0.05) is 60.7 Å². The Kier molecular flexibility index (Phi) is 5.55. The Morgan fingerprint density at radius 1 is 0.706 bits per heavy atom. The molecule has 0 unspecified atom stereocenters. The molecule has 0 aliphatic rings. The van der Waals surface area contributed by atoms with E-state index in [0.717, 1.165) is 44.5 Å². The van der Waals surface area contributed by atoms with Crippen LogP contribution in [0.5, 0.6) is 11.5 Å². The molecule has 6 nitrogen and oxygen atoms in total. The molecule has 0 aliphatic heterocycles. The molecular weight excluding hydrogens is 428 g/mol. The molecule has 2 heterocycles. The van der Waals surface area contributed by atoms with Crippen molar-refractivity contribution in [1.82, 2.24) is 9.97 Å². The average Bonchev–Trinajstić information content (AvgIpc) is 3.54. The minimum absolute atomic E-state index is 0.363. The number of aromatic nitrogens is 2. The summed E-state index contributed by atoms with van der Waals surface area (Å²) in [5.41, 5.74) is 6.83. The predicted octanol–water partition coefficient (Wildman–Crippen LogP) is 6.30. The van der Waals surface area contributed by atoms with Crippen LogP contribution in [-0.4, -0.2) is 37.3 Å². The summed E-state index contributed by atoms with van der Waals surface area (Å²) in [5, 5.41) is 0.928. The van der Waals surface area contributed by atoms with Gasteiger partial charge >= 0.3 is 5.97 Å². The number of hydrogen-bond acceptors (Lipinski definition) is 4. The molecule has 0 spiro atoms. The lowest BCUT2D eigenvalue weighted by molar-refractivity contribution is 0.0595. The molecule has 6 heteroatoms. The summed E-state index contributed by atoms with van der Waals surface area (Å²) in [6.45, 7) is 0. The van der Waals surface area contributed by atoms with Crippen molar-refractivity contribution in [1.29, 1.82) is 0 Å². The highest BCUT2D eigenvalue weighted by Crippen LogP contribution is 2.48. The van der Waals surface area contributed by atoms with Gasteiger partial charge in [-0.3, -0.25) is 0 Å². The Hall–Kier alpha value is -4.45. The smallest absolute Gasteiger partial charge is 0.354 e. The van der Waals surface area contributed by atoms with Gasteiger partial charge in [-0.15, -0.1) is 0 Å². The SMILES string of the molecule is COC(=O)c1ccc(-c2c(OC)cc(OC)c3c(-c4ccccc4)c(-c4ccccc4)[nH]c23)[nH]1. The number of carbonyl (C=O) groups excluding carboxylic acids is 1. The zero-order valence-electron chi connectivity index (χ0n) is 19.1. The van der Waals surface area contributed by atoms with Crippen LogP contribution in [-0.2, 0) is 4.74 Å². The Bertz CT molecular complexity index is 1470. The monoisotopic (exact) mass is 452 g/mol. The fourth-order valence-corrected chi connectivity index (χ4v) is 4.39. The van der Waals surface area contributed by atoms with Crippen LogP contribution in [0.15, 0.2) is 78.9 Å². The number of esters is 1. The Labute approximate surface area is 197 Å². The van der Waals surface area contributed by atoms with Crippen molar-refractivity contribution in [2.45, 2.75) is 0 Å². The summed E-state index contributed by atoms with van der Waals surface area (Å²) in [6.07, 6.45) is 0. The predicted molar refractivity (Wildman–Crippen MR) is 133 cm³/mol. The minimum Gasteiger partial charge on any atom is -0.496 e. The highest BCUT2D eigenvalue weighted by Gasteiger charge is 2.25. The number of benzene rings is 3. The van der Waals surface area contributed by atoms with Crippen LogP contribution in [0, 0.1) is 0 Å². The first kappa shape index (κ1) is 21.4. The molecule has 2 N–H and O–H groups in total. The largest absolute Gasteiger partial charge is 0.496 e. The first-order chi connectivity index (χ1) is 16.7. The summed E-state index contributed by atoms with van der Waals surface area (Å²) in [4.78, 5) is 18.9. The number of H-pyrrole nitrogens is 2. The van der Waals surface area contributed by atoms with E-state index in [4.69, 9.17) is 14.2 Å². The van der Waals surface area contributed by atoms with Gasteiger partial charge in [0.1, 0.15) is 17.2 Å². The zero-order chi connectivity index (χ0) is 23.7. The number of hydrogen-bond donors (Lipinski definition) is 2. The van der Waals surface area contributed by atoms with Crippen molar-refractivity contribution in [3.05, 3.63) is 84.6 Å². The third-order valence-corrected chi connectivity index (χ3v) is 5.93. The van der Waals surface area contributed by atoms with E-state index >= 15 is 0 Å². The molecule has 34 heavy (non-hydrogen) atoms. The van der Waals surface area contributed by atoms with Gasteiger partial charge in [0, 0.05) is 11.6 Å². The summed E-state index contributed by atoms with van der Waals surface area (Å²) in [6, 6.07) is 25.8. The Balaban J connectivity index is 1.90. The number of rotatable bonds is 6. The van der Waals surface area contributed by atoms with Crippen molar-refractivity contribution in [3.8, 4) is 45.1 Å². The van der Waals surface area contributed by atoms with Gasteiger partial charge in [0.2, 0.25) is 0 Å². The van der Waals surface area contributed by atoms with Gasteiger partial charge in [0.05, 0.1) is 49.2 Å². The maximum Gasteiger partial charge on any atom is 0.354 e. The van der Waals surface area contributed by atoms with Crippen LogP contribution in [0.2, 0.25) is 0 Å². The minimum atomic E-state index is -0.434. The van der Waals surface area contributed by atoms with Gasteiger partial charge in [-0.25, -0.2) is 4.79 Å². The molecule has 0 bridgehead atoms. The molecule has 0 saturated carbocycles. The van der Waals surface area contributed by atoms with E-state index in [1.165, 1.54) is 7.11 Å². The van der Waals surface area contributed by atoms with Gasteiger partial charge < -0.3 is 24.2 Å². The first-order valence-corrected chi connectivity index (χ1v) is 10.9. The molecule has 0 atom stereocenters.